The molecule has 0 atom stereocenters. The van der Waals surface area contributed by atoms with Crippen LogP contribution < -0.4 is 5.73 Å². The molecule has 1 aromatic rings. The van der Waals surface area contributed by atoms with Gasteiger partial charge in [0.2, 0.25) is 0 Å². The zero-order chi connectivity index (χ0) is 12.8. The maximum absolute atomic E-state index is 8.72. The van der Waals surface area contributed by atoms with Crippen LogP contribution in [0.25, 0.3) is 0 Å². The quantitative estimate of drug-likeness (QED) is 0.653. The number of nitrogens with two attached hydrogens (primary N) is 1. The molecule has 1 aromatic carbocycles. The molecule has 0 unspecified atom stereocenters. The molecule has 1 fully saturated rings. The van der Waals surface area contributed by atoms with E-state index in [0.29, 0.717) is 18.0 Å². The first-order valence-corrected chi connectivity index (χ1v) is 6.58. The van der Waals surface area contributed by atoms with Gasteiger partial charge in [-0.25, -0.2) is 0 Å². The van der Waals surface area contributed by atoms with Crippen molar-refractivity contribution in [1.82, 2.24) is 0 Å². The largest absolute Gasteiger partial charge is 0.387 e. The highest BCUT2D eigenvalue weighted by atomic mass is 14.9. The first-order chi connectivity index (χ1) is 8.79. The lowest BCUT2D eigenvalue weighted by atomic mass is 9.88. The highest BCUT2D eigenvalue weighted by molar-refractivity contribution is 5.82. The number of nitrogens with zero attached hydrogens (tertiary/aromatic N) is 2. The van der Waals surface area contributed by atoms with Crippen molar-refractivity contribution in [3.8, 4) is 6.07 Å². The van der Waals surface area contributed by atoms with Crippen LogP contribution in [0.15, 0.2) is 29.3 Å². The molecule has 0 spiro atoms. The van der Waals surface area contributed by atoms with Crippen molar-refractivity contribution in [2.24, 2.45) is 16.6 Å². The summed E-state index contributed by atoms with van der Waals surface area (Å²) in [6, 6.07) is 9.63. The standard InChI is InChI=1S/C15H19N3/c16-10-12-6-8-13(9-7-12)11-18-15(17)14-4-2-1-3-5-14/h6-9,14H,1-5,11H2,(H2,17,18). The van der Waals surface area contributed by atoms with Crippen molar-refractivity contribution in [3.63, 3.8) is 0 Å². The van der Waals surface area contributed by atoms with E-state index in [1.54, 1.807) is 0 Å². The summed E-state index contributed by atoms with van der Waals surface area (Å²) < 4.78 is 0. The molecule has 1 aliphatic rings. The SMILES string of the molecule is N#Cc1ccc(CN=C(N)C2CCCCC2)cc1. The summed E-state index contributed by atoms with van der Waals surface area (Å²) in [5.74, 6) is 1.29. The van der Waals surface area contributed by atoms with E-state index in [9.17, 15) is 0 Å². The van der Waals surface area contributed by atoms with Gasteiger partial charge in [-0.1, -0.05) is 31.4 Å². The number of aliphatic imine (C=N–C) groups is 1. The lowest BCUT2D eigenvalue weighted by Gasteiger charge is -2.20. The van der Waals surface area contributed by atoms with E-state index in [1.807, 2.05) is 24.3 Å². The number of nitriles is 1. The Morgan fingerprint density at radius 1 is 1.22 bits per heavy atom. The Morgan fingerprint density at radius 2 is 1.89 bits per heavy atom. The average Bonchev–Trinajstić information content (AvgIpc) is 2.46. The van der Waals surface area contributed by atoms with Crippen LogP contribution in [-0.4, -0.2) is 5.84 Å². The molecule has 0 saturated heterocycles. The van der Waals surface area contributed by atoms with Crippen LogP contribution in [0.1, 0.15) is 43.2 Å². The zero-order valence-corrected chi connectivity index (χ0v) is 10.6. The predicted molar refractivity (Wildman–Crippen MR) is 73.1 cm³/mol. The fourth-order valence-electron chi connectivity index (χ4n) is 2.39. The van der Waals surface area contributed by atoms with Gasteiger partial charge in [-0.3, -0.25) is 4.99 Å². The van der Waals surface area contributed by atoms with Gasteiger partial charge in [0.1, 0.15) is 0 Å². The van der Waals surface area contributed by atoms with Gasteiger partial charge in [-0.15, -0.1) is 0 Å². The molecule has 1 aliphatic carbocycles. The second kappa shape index (κ2) is 6.20. The Morgan fingerprint density at radius 3 is 2.50 bits per heavy atom. The summed E-state index contributed by atoms with van der Waals surface area (Å²) in [4.78, 5) is 4.49. The average molecular weight is 241 g/mol. The summed E-state index contributed by atoms with van der Waals surface area (Å²) >= 11 is 0. The van der Waals surface area contributed by atoms with E-state index in [1.165, 1.54) is 32.1 Å². The number of hydrogen-bond acceptors (Lipinski definition) is 2. The molecule has 3 nitrogen and oxygen atoms in total. The molecule has 1 saturated carbocycles. The van der Waals surface area contributed by atoms with E-state index in [0.717, 1.165) is 11.4 Å². The van der Waals surface area contributed by atoms with Crippen molar-refractivity contribution in [2.75, 3.05) is 0 Å². The topological polar surface area (TPSA) is 62.2 Å². The Balaban J connectivity index is 1.94. The molecule has 18 heavy (non-hydrogen) atoms. The third-order valence-corrected chi connectivity index (χ3v) is 3.55. The molecule has 3 heteroatoms. The minimum Gasteiger partial charge on any atom is -0.387 e. The maximum Gasteiger partial charge on any atom is 0.0991 e. The van der Waals surface area contributed by atoms with Gasteiger partial charge >= 0.3 is 0 Å². The van der Waals surface area contributed by atoms with Gasteiger partial charge in [-0.05, 0) is 30.5 Å². The molecule has 0 bridgehead atoms. The number of rotatable bonds is 3. The summed E-state index contributed by atoms with van der Waals surface area (Å²) in [7, 11) is 0. The molecule has 0 amide bonds. The fraction of sp³-hybridized carbons (Fsp3) is 0.467. The van der Waals surface area contributed by atoms with Crippen LogP contribution in [0.5, 0.6) is 0 Å². The van der Waals surface area contributed by atoms with Gasteiger partial charge in [0.05, 0.1) is 24.0 Å². The van der Waals surface area contributed by atoms with Crippen molar-refractivity contribution in [2.45, 2.75) is 38.6 Å². The predicted octanol–water partition coefficient (Wildman–Crippen LogP) is 3.00. The third-order valence-electron chi connectivity index (χ3n) is 3.55. The third kappa shape index (κ3) is 3.33. The van der Waals surface area contributed by atoms with E-state index in [-0.39, 0.29) is 0 Å². The normalized spacial score (nSPS) is 17.4. The minimum atomic E-state index is 0.483. The Labute approximate surface area is 108 Å². The van der Waals surface area contributed by atoms with Gasteiger partial charge in [0.15, 0.2) is 0 Å². The van der Waals surface area contributed by atoms with Crippen molar-refractivity contribution in [1.29, 1.82) is 5.26 Å². The van der Waals surface area contributed by atoms with E-state index >= 15 is 0 Å². The van der Waals surface area contributed by atoms with Crippen molar-refractivity contribution < 1.29 is 0 Å². The second-order valence-corrected chi connectivity index (χ2v) is 4.88. The number of hydrogen-bond donors (Lipinski definition) is 1. The smallest absolute Gasteiger partial charge is 0.0991 e. The van der Waals surface area contributed by atoms with E-state index in [4.69, 9.17) is 11.0 Å². The van der Waals surface area contributed by atoms with Crippen molar-refractivity contribution in [3.05, 3.63) is 35.4 Å². The summed E-state index contributed by atoms with van der Waals surface area (Å²) in [5.41, 5.74) is 7.84. The highest BCUT2D eigenvalue weighted by Crippen LogP contribution is 2.23. The number of benzene rings is 1. The molecule has 0 aliphatic heterocycles. The lowest BCUT2D eigenvalue weighted by Crippen LogP contribution is -2.25. The Kier molecular flexibility index (Phi) is 4.35. The van der Waals surface area contributed by atoms with Crippen LogP contribution >= 0.6 is 0 Å². The first-order valence-electron chi connectivity index (χ1n) is 6.58. The monoisotopic (exact) mass is 241 g/mol. The van der Waals surface area contributed by atoms with Crippen LogP contribution in [0, 0.1) is 17.2 Å². The molecular weight excluding hydrogens is 222 g/mol. The summed E-state index contributed by atoms with van der Waals surface area (Å²) in [6.45, 7) is 0.619. The van der Waals surface area contributed by atoms with E-state index in [2.05, 4.69) is 11.1 Å². The van der Waals surface area contributed by atoms with Crippen LogP contribution in [0.3, 0.4) is 0 Å². The maximum atomic E-state index is 8.72. The molecule has 2 N–H and O–H groups in total. The Hall–Kier alpha value is -1.82. The molecule has 2 rings (SSSR count). The molecule has 94 valence electrons. The van der Waals surface area contributed by atoms with Crippen LogP contribution in [0.4, 0.5) is 0 Å². The van der Waals surface area contributed by atoms with E-state index < -0.39 is 0 Å². The molecule has 0 aromatic heterocycles. The van der Waals surface area contributed by atoms with Gasteiger partial charge < -0.3 is 5.73 Å². The number of amidine groups is 1. The summed E-state index contributed by atoms with van der Waals surface area (Å²) in [5, 5.41) is 8.72. The van der Waals surface area contributed by atoms with Crippen LogP contribution in [-0.2, 0) is 6.54 Å². The first kappa shape index (κ1) is 12.6. The summed E-state index contributed by atoms with van der Waals surface area (Å²) in [6.07, 6.45) is 6.25. The second-order valence-electron chi connectivity index (χ2n) is 4.88. The van der Waals surface area contributed by atoms with Crippen LogP contribution in [0.2, 0.25) is 0 Å². The van der Waals surface area contributed by atoms with Gasteiger partial charge in [0.25, 0.3) is 0 Å². The Bertz CT molecular complexity index is 448. The molecule has 0 radical (unpaired) electrons. The van der Waals surface area contributed by atoms with Crippen molar-refractivity contribution >= 4 is 5.84 Å². The molecular formula is C15H19N3. The fourth-order valence-corrected chi connectivity index (χ4v) is 2.39. The van der Waals surface area contributed by atoms with Gasteiger partial charge in [0, 0.05) is 5.92 Å². The van der Waals surface area contributed by atoms with Gasteiger partial charge in [-0.2, -0.15) is 5.26 Å². The zero-order valence-electron chi connectivity index (χ0n) is 10.6. The highest BCUT2D eigenvalue weighted by Gasteiger charge is 2.16. The lowest BCUT2D eigenvalue weighted by molar-refractivity contribution is 0.436. The minimum absolute atomic E-state index is 0.483. The molecule has 0 heterocycles.